The lowest BCUT2D eigenvalue weighted by Crippen LogP contribution is -2.32. The zero-order valence-electron chi connectivity index (χ0n) is 5.81. The normalized spacial score (nSPS) is 14.6. The van der Waals surface area contributed by atoms with E-state index in [0.717, 1.165) is 6.54 Å². The highest BCUT2D eigenvalue weighted by Gasteiger charge is 2.04. The van der Waals surface area contributed by atoms with Gasteiger partial charge in [0.25, 0.3) is 0 Å². The monoisotopic (exact) mass is 117 g/mol. The zero-order chi connectivity index (χ0) is 6.57. The van der Waals surface area contributed by atoms with E-state index in [1.807, 2.05) is 20.8 Å². The first-order chi connectivity index (χ1) is 3.68. The van der Waals surface area contributed by atoms with Gasteiger partial charge < -0.3 is 5.11 Å². The van der Waals surface area contributed by atoms with E-state index in [2.05, 4.69) is 5.32 Å². The highest BCUT2D eigenvalue weighted by atomic mass is 16.3. The van der Waals surface area contributed by atoms with Gasteiger partial charge in [0, 0.05) is 0 Å². The molecule has 0 spiro atoms. The Morgan fingerprint density at radius 1 is 1.50 bits per heavy atom. The Kier molecular flexibility index (Phi) is 3.83. The molecule has 2 N–H and O–H groups in total. The standard InChI is InChI=1S/C6H15NO/c1-4-7-6(8)5(2)3/h5-8H,4H2,1-3H3/t6-/m1/s1. The Morgan fingerprint density at radius 2 is 2.00 bits per heavy atom. The van der Waals surface area contributed by atoms with Crippen LogP contribution in [-0.4, -0.2) is 17.9 Å². The summed E-state index contributed by atoms with van der Waals surface area (Å²) in [4.78, 5) is 0. The van der Waals surface area contributed by atoms with Gasteiger partial charge in [0.2, 0.25) is 0 Å². The maximum atomic E-state index is 9.02. The van der Waals surface area contributed by atoms with E-state index in [9.17, 15) is 0 Å². The minimum Gasteiger partial charge on any atom is -0.378 e. The van der Waals surface area contributed by atoms with Gasteiger partial charge in [0.05, 0.1) is 0 Å². The second kappa shape index (κ2) is 3.87. The minimum absolute atomic E-state index is 0.315. The lowest BCUT2D eigenvalue weighted by molar-refractivity contribution is 0.0927. The van der Waals surface area contributed by atoms with E-state index in [1.165, 1.54) is 0 Å². The summed E-state index contributed by atoms with van der Waals surface area (Å²) in [6.45, 7) is 6.77. The van der Waals surface area contributed by atoms with E-state index < -0.39 is 0 Å². The van der Waals surface area contributed by atoms with Gasteiger partial charge in [-0.2, -0.15) is 0 Å². The van der Waals surface area contributed by atoms with Crippen molar-refractivity contribution >= 4 is 0 Å². The number of aliphatic hydroxyl groups excluding tert-OH is 1. The summed E-state index contributed by atoms with van der Waals surface area (Å²) in [5, 5.41) is 11.9. The molecule has 0 radical (unpaired) electrons. The first-order valence-electron chi connectivity index (χ1n) is 3.10. The minimum atomic E-state index is -0.333. The Hall–Kier alpha value is -0.0800. The lowest BCUT2D eigenvalue weighted by Gasteiger charge is -2.13. The van der Waals surface area contributed by atoms with Crippen LogP contribution < -0.4 is 5.32 Å². The summed E-state index contributed by atoms with van der Waals surface area (Å²) in [5.41, 5.74) is 0. The van der Waals surface area contributed by atoms with Crippen molar-refractivity contribution in [3.05, 3.63) is 0 Å². The SMILES string of the molecule is CCN[C@H](O)C(C)C. The molecule has 1 atom stereocenters. The van der Waals surface area contributed by atoms with E-state index in [4.69, 9.17) is 5.11 Å². The van der Waals surface area contributed by atoms with Crippen molar-refractivity contribution in [1.82, 2.24) is 5.32 Å². The fourth-order valence-corrected chi connectivity index (χ4v) is 0.445. The highest BCUT2D eigenvalue weighted by molar-refractivity contribution is 4.54. The smallest absolute Gasteiger partial charge is 0.107 e. The fourth-order valence-electron chi connectivity index (χ4n) is 0.445. The van der Waals surface area contributed by atoms with Crippen molar-refractivity contribution in [3.63, 3.8) is 0 Å². The molecule has 50 valence electrons. The molecule has 0 aliphatic heterocycles. The van der Waals surface area contributed by atoms with Crippen LogP contribution in [-0.2, 0) is 0 Å². The number of hydrogen-bond donors (Lipinski definition) is 2. The van der Waals surface area contributed by atoms with Gasteiger partial charge in [-0.1, -0.05) is 20.8 Å². The maximum Gasteiger partial charge on any atom is 0.107 e. The second-order valence-corrected chi connectivity index (χ2v) is 2.25. The van der Waals surface area contributed by atoms with E-state index in [1.54, 1.807) is 0 Å². The molecule has 0 aliphatic rings. The topological polar surface area (TPSA) is 32.3 Å². The van der Waals surface area contributed by atoms with Crippen LogP contribution in [0.3, 0.4) is 0 Å². The summed E-state index contributed by atoms with van der Waals surface area (Å²) in [7, 11) is 0. The predicted molar refractivity (Wildman–Crippen MR) is 34.5 cm³/mol. The van der Waals surface area contributed by atoms with E-state index in [-0.39, 0.29) is 6.23 Å². The fraction of sp³-hybridized carbons (Fsp3) is 1.00. The molecule has 8 heavy (non-hydrogen) atoms. The number of nitrogens with one attached hydrogen (secondary N) is 1. The number of rotatable bonds is 3. The Labute approximate surface area is 50.9 Å². The van der Waals surface area contributed by atoms with Crippen molar-refractivity contribution < 1.29 is 5.11 Å². The first kappa shape index (κ1) is 7.92. The molecule has 0 aromatic carbocycles. The first-order valence-corrected chi connectivity index (χ1v) is 3.10. The quantitative estimate of drug-likeness (QED) is 0.530. The van der Waals surface area contributed by atoms with Gasteiger partial charge in [-0.25, -0.2) is 0 Å². The molecule has 0 aromatic rings. The molecule has 0 aliphatic carbocycles. The molecule has 0 saturated carbocycles. The molecule has 0 heterocycles. The summed E-state index contributed by atoms with van der Waals surface area (Å²) < 4.78 is 0. The van der Waals surface area contributed by atoms with Gasteiger partial charge in [0.1, 0.15) is 6.23 Å². The zero-order valence-corrected chi connectivity index (χ0v) is 5.81. The largest absolute Gasteiger partial charge is 0.378 e. The average molecular weight is 117 g/mol. The van der Waals surface area contributed by atoms with Crippen LogP contribution in [0.4, 0.5) is 0 Å². The summed E-state index contributed by atoms with van der Waals surface area (Å²) in [6.07, 6.45) is -0.333. The number of aliphatic hydroxyl groups is 1. The van der Waals surface area contributed by atoms with Crippen LogP contribution in [0.2, 0.25) is 0 Å². The van der Waals surface area contributed by atoms with Crippen molar-refractivity contribution in [2.45, 2.75) is 27.0 Å². The third-order valence-electron chi connectivity index (χ3n) is 1.04. The number of hydrogen-bond acceptors (Lipinski definition) is 2. The Bertz CT molecular complexity index is 54.5. The predicted octanol–water partition coefficient (Wildman–Crippen LogP) is 0.570. The van der Waals surface area contributed by atoms with Gasteiger partial charge in [-0.15, -0.1) is 0 Å². The molecule has 0 rings (SSSR count). The van der Waals surface area contributed by atoms with E-state index in [0.29, 0.717) is 5.92 Å². The third kappa shape index (κ3) is 2.99. The van der Waals surface area contributed by atoms with E-state index >= 15 is 0 Å². The lowest BCUT2D eigenvalue weighted by atomic mass is 10.2. The molecule has 2 heteroatoms. The maximum absolute atomic E-state index is 9.02. The van der Waals surface area contributed by atoms with Crippen LogP contribution in [0.5, 0.6) is 0 Å². The molecule has 0 fully saturated rings. The van der Waals surface area contributed by atoms with Crippen LogP contribution in [0.25, 0.3) is 0 Å². The summed E-state index contributed by atoms with van der Waals surface area (Å²) in [5.74, 6) is 0.315. The van der Waals surface area contributed by atoms with Gasteiger partial charge in [0.15, 0.2) is 0 Å². The Balaban J connectivity index is 3.17. The molecule has 0 saturated heterocycles. The van der Waals surface area contributed by atoms with Crippen molar-refractivity contribution in [1.29, 1.82) is 0 Å². The molecule has 0 aromatic heterocycles. The van der Waals surface area contributed by atoms with Crippen molar-refractivity contribution in [2.75, 3.05) is 6.54 Å². The average Bonchev–Trinajstić information content (AvgIpc) is 1.67. The highest BCUT2D eigenvalue weighted by Crippen LogP contribution is 1.95. The molecule has 0 bridgehead atoms. The molecule has 0 amide bonds. The molecule has 2 nitrogen and oxygen atoms in total. The van der Waals surface area contributed by atoms with Crippen LogP contribution >= 0.6 is 0 Å². The third-order valence-corrected chi connectivity index (χ3v) is 1.04. The van der Waals surface area contributed by atoms with Crippen LogP contribution in [0.1, 0.15) is 20.8 Å². The summed E-state index contributed by atoms with van der Waals surface area (Å²) >= 11 is 0. The molecule has 0 unspecified atom stereocenters. The van der Waals surface area contributed by atoms with Gasteiger partial charge in [-0.3, -0.25) is 5.32 Å². The van der Waals surface area contributed by atoms with Crippen molar-refractivity contribution in [3.8, 4) is 0 Å². The van der Waals surface area contributed by atoms with Crippen LogP contribution in [0, 0.1) is 5.92 Å². The summed E-state index contributed by atoms with van der Waals surface area (Å²) in [6, 6.07) is 0. The van der Waals surface area contributed by atoms with Gasteiger partial charge in [-0.05, 0) is 12.5 Å². The second-order valence-electron chi connectivity index (χ2n) is 2.25. The van der Waals surface area contributed by atoms with Crippen LogP contribution in [0.15, 0.2) is 0 Å². The van der Waals surface area contributed by atoms with Gasteiger partial charge >= 0.3 is 0 Å². The molecular weight excluding hydrogens is 102 g/mol. The van der Waals surface area contributed by atoms with Crippen molar-refractivity contribution in [2.24, 2.45) is 5.92 Å². The molecular formula is C6H15NO. The Morgan fingerprint density at radius 3 is 2.12 bits per heavy atom.